The second kappa shape index (κ2) is 8.75. The maximum absolute atomic E-state index is 14.3. The molecule has 1 aliphatic heterocycles. The number of rotatable bonds is 6. The van der Waals surface area contributed by atoms with Gasteiger partial charge in [-0.2, -0.15) is 0 Å². The number of aldehydes is 1. The Morgan fingerprint density at radius 1 is 1.14 bits per heavy atom. The lowest BCUT2D eigenvalue weighted by Gasteiger charge is -2.42. The van der Waals surface area contributed by atoms with Crippen molar-refractivity contribution >= 4 is 6.29 Å². The molecule has 3 atom stereocenters. The molecular weight excluding hydrogens is 371 g/mol. The van der Waals surface area contributed by atoms with Gasteiger partial charge in [-0.1, -0.05) is 12.1 Å². The molecule has 0 saturated carbocycles. The minimum atomic E-state index is -1.26. The molecular formula is C21H22F3NO3. The predicted molar refractivity (Wildman–Crippen MR) is 97.5 cm³/mol. The third kappa shape index (κ3) is 4.20. The van der Waals surface area contributed by atoms with E-state index in [1.54, 1.807) is 7.11 Å². The largest absolute Gasteiger partial charge is 0.497 e. The summed E-state index contributed by atoms with van der Waals surface area (Å²) >= 11 is 0. The van der Waals surface area contributed by atoms with Gasteiger partial charge in [-0.25, -0.2) is 13.2 Å². The number of hydrogen-bond donors (Lipinski definition) is 1. The Morgan fingerprint density at radius 2 is 1.82 bits per heavy atom. The number of hydrogen-bond acceptors (Lipinski definition) is 4. The zero-order valence-corrected chi connectivity index (χ0v) is 15.4. The van der Waals surface area contributed by atoms with Crippen LogP contribution in [0.3, 0.4) is 0 Å². The first kappa shape index (κ1) is 20.4. The van der Waals surface area contributed by atoms with Crippen molar-refractivity contribution in [2.45, 2.75) is 24.9 Å². The van der Waals surface area contributed by atoms with Crippen molar-refractivity contribution in [1.29, 1.82) is 0 Å². The molecule has 2 aromatic carbocycles. The maximum atomic E-state index is 14.3. The van der Waals surface area contributed by atoms with E-state index >= 15 is 0 Å². The number of nitrogens with zero attached hydrogens (tertiary/aromatic N) is 1. The first-order valence-corrected chi connectivity index (χ1v) is 9.04. The molecule has 1 aliphatic rings. The molecule has 3 unspecified atom stereocenters. The second-order valence-corrected chi connectivity index (χ2v) is 7.05. The molecule has 150 valence electrons. The Bertz CT molecular complexity index is 828. The molecule has 7 heteroatoms. The Kier molecular flexibility index (Phi) is 6.36. The average molecular weight is 393 g/mol. The molecule has 28 heavy (non-hydrogen) atoms. The summed E-state index contributed by atoms with van der Waals surface area (Å²) in [4.78, 5) is 13.6. The maximum Gasteiger partial charge on any atom is 0.161 e. The van der Waals surface area contributed by atoms with Gasteiger partial charge in [-0.15, -0.1) is 0 Å². The number of piperidine rings is 1. The summed E-state index contributed by atoms with van der Waals surface area (Å²) in [5.41, 5.74) is 0.954. The highest BCUT2D eigenvalue weighted by Gasteiger charge is 2.37. The van der Waals surface area contributed by atoms with E-state index in [0.29, 0.717) is 19.2 Å². The van der Waals surface area contributed by atoms with E-state index in [1.807, 2.05) is 29.2 Å². The van der Waals surface area contributed by atoms with Gasteiger partial charge in [0.2, 0.25) is 0 Å². The molecule has 0 amide bonds. The number of aliphatic hydroxyl groups excluding tert-OH is 1. The van der Waals surface area contributed by atoms with Gasteiger partial charge in [-0.3, -0.25) is 4.90 Å². The number of methoxy groups -OCH3 is 1. The van der Waals surface area contributed by atoms with Crippen molar-refractivity contribution in [2.24, 2.45) is 5.92 Å². The van der Waals surface area contributed by atoms with Crippen LogP contribution in [0, 0.1) is 23.4 Å². The minimum Gasteiger partial charge on any atom is -0.497 e. The van der Waals surface area contributed by atoms with Gasteiger partial charge in [0, 0.05) is 31.7 Å². The van der Waals surface area contributed by atoms with Crippen molar-refractivity contribution in [2.75, 3.05) is 20.3 Å². The summed E-state index contributed by atoms with van der Waals surface area (Å²) in [6.45, 7) is 0.541. The fourth-order valence-corrected chi connectivity index (χ4v) is 3.84. The first-order valence-electron chi connectivity index (χ1n) is 9.04. The lowest BCUT2D eigenvalue weighted by Crippen LogP contribution is -2.48. The third-order valence-corrected chi connectivity index (χ3v) is 5.38. The third-order valence-electron chi connectivity index (χ3n) is 5.38. The summed E-state index contributed by atoms with van der Waals surface area (Å²) in [6, 6.07) is 8.22. The first-order chi connectivity index (χ1) is 13.5. The van der Waals surface area contributed by atoms with Crippen LogP contribution in [0.5, 0.6) is 5.75 Å². The Balaban J connectivity index is 1.83. The van der Waals surface area contributed by atoms with Crippen LogP contribution in [0.15, 0.2) is 36.4 Å². The number of aliphatic hydroxyl groups is 1. The summed E-state index contributed by atoms with van der Waals surface area (Å²) in [6.07, 6.45) is 0.995. The average Bonchev–Trinajstić information content (AvgIpc) is 2.71. The molecule has 1 fully saturated rings. The second-order valence-electron chi connectivity index (χ2n) is 7.05. The van der Waals surface area contributed by atoms with Crippen LogP contribution in [-0.2, 0) is 11.3 Å². The van der Waals surface area contributed by atoms with Gasteiger partial charge in [0.25, 0.3) is 0 Å². The molecule has 1 N–H and O–H groups in total. The highest BCUT2D eigenvalue weighted by molar-refractivity contribution is 5.58. The molecule has 3 rings (SSSR count). The smallest absolute Gasteiger partial charge is 0.161 e. The summed E-state index contributed by atoms with van der Waals surface area (Å²) in [5.74, 6) is -3.54. The highest BCUT2D eigenvalue weighted by Crippen LogP contribution is 2.38. The number of carbonyl (C=O) groups excluding carboxylic acids is 1. The molecule has 1 heterocycles. The number of carbonyl (C=O) groups is 1. The topological polar surface area (TPSA) is 49.8 Å². The van der Waals surface area contributed by atoms with E-state index in [2.05, 4.69) is 0 Å². The van der Waals surface area contributed by atoms with E-state index in [-0.39, 0.29) is 18.6 Å². The van der Waals surface area contributed by atoms with Crippen LogP contribution in [0.1, 0.15) is 23.5 Å². The quantitative estimate of drug-likeness (QED) is 0.605. The van der Waals surface area contributed by atoms with Gasteiger partial charge >= 0.3 is 0 Å². The van der Waals surface area contributed by atoms with Crippen molar-refractivity contribution in [3.8, 4) is 5.75 Å². The van der Waals surface area contributed by atoms with E-state index in [1.165, 1.54) is 0 Å². The summed E-state index contributed by atoms with van der Waals surface area (Å²) in [5, 5.41) is 9.83. The van der Waals surface area contributed by atoms with Crippen molar-refractivity contribution in [3.05, 3.63) is 65.0 Å². The molecule has 4 nitrogen and oxygen atoms in total. The van der Waals surface area contributed by atoms with E-state index in [4.69, 9.17) is 4.74 Å². The van der Waals surface area contributed by atoms with Crippen molar-refractivity contribution in [1.82, 2.24) is 4.90 Å². The number of ether oxygens (including phenoxy) is 1. The van der Waals surface area contributed by atoms with Gasteiger partial charge < -0.3 is 14.6 Å². The molecule has 1 saturated heterocycles. The lowest BCUT2D eigenvalue weighted by molar-refractivity contribution is -0.115. The standard InChI is InChI=1S/C21H22F3NO3/c1-28-16-4-2-13(3-5-16)9-25-10-14(11-26)17(6-15(25)12-27)18-7-20(23)21(24)8-19(18)22/h2-5,7-8,12,14-15,17,26H,6,9-11H2,1H3. The fraction of sp³-hybridized carbons (Fsp3) is 0.381. The zero-order valence-electron chi connectivity index (χ0n) is 15.4. The number of benzene rings is 2. The van der Waals surface area contributed by atoms with Crippen LogP contribution in [0.4, 0.5) is 13.2 Å². The van der Waals surface area contributed by atoms with Crippen LogP contribution in [-0.4, -0.2) is 42.6 Å². The number of likely N-dealkylation sites (tertiary alicyclic amines) is 1. The Hall–Kier alpha value is -2.38. The van der Waals surface area contributed by atoms with Crippen LogP contribution in [0.2, 0.25) is 0 Å². The minimum absolute atomic E-state index is 0.00565. The SMILES string of the molecule is COc1ccc(CN2CC(CO)C(c3cc(F)c(F)cc3F)CC2C=O)cc1. The molecule has 0 aliphatic carbocycles. The normalized spacial score (nSPS) is 22.8. The number of halogens is 3. The highest BCUT2D eigenvalue weighted by atomic mass is 19.2. The Morgan fingerprint density at radius 3 is 2.43 bits per heavy atom. The van der Waals surface area contributed by atoms with Crippen molar-refractivity contribution in [3.63, 3.8) is 0 Å². The van der Waals surface area contributed by atoms with E-state index in [0.717, 1.165) is 23.7 Å². The van der Waals surface area contributed by atoms with Gasteiger partial charge in [-0.05, 0) is 41.7 Å². The monoisotopic (exact) mass is 393 g/mol. The van der Waals surface area contributed by atoms with Gasteiger partial charge in [0.05, 0.1) is 13.2 Å². The summed E-state index contributed by atoms with van der Waals surface area (Å²) in [7, 11) is 1.57. The lowest BCUT2D eigenvalue weighted by atomic mass is 9.77. The fourth-order valence-electron chi connectivity index (χ4n) is 3.84. The van der Waals surface area contributed by atoms with Gasteiger partial charge in [0.15, 0.2) is 11.6 Å². The molecule has 0 radical (unpaired) electrons. The molecule has 2 aromatic rings. The summed E-state index contributed by atoms with van der Waals surface area (Å²) < 4.78 is 46.3. The van der Waals surface area contributed by atoms with Crippen LogP contribution < -0.4 is 4.74 Å². The van der Waals surface area contributed by atoms with E-state index in [9.17, 15) is 23.1 Å². The predicted octanol–water partition coefficient (Wildman–Crippen LogP) is 3.28. The Labute approximate surface area is 161 Å². The van der Waals surface area contributed by atoms with Crippen molar-refractivity contribution < 1.29 is 27.8 Å². The molecule has 0 bridgehead atoms. The van der Waals surface area contributed by atoms with Gasteiger partial charge in [0.1, 0.15) is 17.9 Å². The van der Waals surface area contributed by atoms with Crippen LogP contribution in [0.25, 0.3) is 0 Å². The molecule has 0 spiro atoms. The molecule has 0 aromatic heterocycles. The van der Waals surface area contributed by atoms with Crippen LogP contribution >= 0.6 is 0 Å². The zero-order chi connectivity index (χ0) is 20.3. The van der Waals surface area contributed by atoms with E-state index < -0.39 is 35.3 Å².